The number of anilines is 1. The van der Waals surface area contributed by atoms with Crippen LogP contribution in [0.3, 0.4) is 0 Å². The fraction of sp³-hybridized carbons (Fsp3) is 0.294. The van der Waals surface area contributed by atoms with Gasteiger partial charge in [0.05, 0.1) is 12.2 Å². The summed E-state index contributed by atoms with van der Waals surface area (Å²) < 4.78 is 26.6. The molecule has 1 aromatic heterocycles. The third-order valence-electron chi connectivity index (χ3n) is 4.01. The molecular formula is C17H17F2N3O2S. The second-order valence-electron chi connectivity index (χ2n) is 5.70. The number of benzene rings is 1. The molecule has 3 amide bonds. The molecule has 2 heterocycles. The van der Waals surface area contributed by atoms with E-state index in [-0.39, 0.29) is 11.6 Å². The lowest BCUT2D eigenvalue weighted by Gasteiger charge is -2.24. The van der Waals surface area contributed by atoms with Crippen molar-refractivity contribution in [3.8, 4) is 0 Å². The topological polar surface area (TPSA) is 61.4 Å². The number of nitrogens with one attached hydrogen (secondary N) is 2. The summed E-state index contributed by atoms with van der Waals surface area (Å²) >= 11 is 1.54. The van der Waals surface area contributed by atoms with Crippen LogP contribution in [-0.4, -0.2) is 29.4 Å². The number of halogens is 2. The minimum atomic E-state index is -0.855. The number of rotatable bonds is 4. The SMILES string of the molecule is O=C(NCc1cccs1)[C@H]1CCCN1C(=O)Nc1ccc(F)cc1F. The average molecular weight is 365 g/mol. The van der Waals surface area contributed by atoms with Crippen LogP contribution in [0.25, 0.3) is 0 Å². The molecule has 8 heteroatoms. The van der Waals surface area contributed by atoms with Gasteiger partial charge < -0.3 is 15.5 Å². The number of nitrogens with zero attached hydrogens (tertiary/aromatic N) is 1. The van der Waals surface area contributed by atoms with Crippen molar-refractivity contribution in [1.82, 2.24) is 10.2 Å². The van der Waals surface area contributed by atoms with E-state index in [4.69, 9.17) is 0 Å². The lowest BCUT2D eigenvalue weighted by atomic mass is 10.2. The van der Waals surface area contributed by atoms with E-state index in [0.29, 0.717) is 32.0 Å². The molecule has 132 valence electrons. The van der Waals surface area contributed by atoms with Crippen LogP contribution in [0.4, 0.5) is 19.3 Å². The predicted molar refractivity (Wildman–Crippen MR) is 91.3 cm³/mol. The van der Waals surface area contributed by atoms with Crippen molar-refractivity contribution in [3.63, 3.8) is 0 Å². The average Bonchev–Trinajstić information content (AvgIpc) is 3.26. The molecule has 2 aromatic rings. The van der Waals surface area contributed by atoms with E-state index >= 15 is 0 Å². The maximum atomic E-state index is 13.7. The van der Waals surface area contributed by atoms with Crippen LogP contribution in [0.5, 0.6) is 0 Å². The molecular weight excluding hydrogens is 348 g/mol. The zero-order valence-corrected chi connectivity index (χ0v) is 14.1. The lowest BCUT2D eigenvalue weighted by Crippen LogP contribution is -2.47. The van der Waals surface area contributed by atoms with Crippen LogP contribution < -0.4 is 10.6 Å². The Bertz CT molecular complexity index is 767. The Morgan fingerprint density at radius 2 is 2.12 bits per heavy atom. The van der Waals surface area contributed by atoms with Crippen molar-refractivity contribution in [2.24, 2.45) is 0 Å². The van der Waals surface area contributed by atoms with Crippen LogP contribution in [-0.2, 0) is 11.3 Å². The third-order valence-corrected chi connectivity index (χ3v) is 4.88. The molecule has 0 spiro atoms. The molecule has 1 aromatic carbocycles. The summed E-state index contributed by atoms with van der Waals surface area (Å²) in [6, 6.07) is 5.58. The molecule has 0 aliphatic carbocycles. The van der Waals surface area contributed by atoms with Gasteiger partial charge >= 0.3 is 6.03 Å². The largest absolute Gasteiger partial charge is 0.349 e. The van der Waals surface area contributed by atoms with E-state index in [2.05, 4.69) is 10.6 Å². The number of amides is 3. The summed E-state index contributed by atoms with van der Waals surface area (Å²) in [5, 5.41) is 7.15. The molecule has 1 fully saturated rings. The first-order chi connectivity index (χ1) is 12.0. The minimum Gasteiger partial charge on any atom is -0.349 e. The predicted octanol–water partition coefficient (Wildman–Crippen LogP) is 3.34. The molecule has 0 radical (unpaired) electrons. The summed E-state index contributed by atoms with van der Waals surface area (Å²) in [5.74, 6) is -1.81. The Morgan fingerprint density at radius 3 is 2.84 bits per heavy atom. The summed E-state index contributed by atoms with van der Waals surface area (Å²) in [4.78, 5) is 27.1. The maximum absolute atomic E-state index is 13.7. The highest BCUT2D eigenvalue weighted by Crippen LogP contribution is 2.21. The van der Waals surface area contributed by atoms with E-state index < -0.39 is 23.7 Å². The molecule has 25 heavy (non-hydrogen) atoms. The van der Waals surface area contributed by atoms with Crippen LogP contribution in [0, 0.1) is 11.6 Å². The second-order valence-corrected chi connectivity index (χ2v) is 6.74. The normalized spacial score (nSPS) is 16.7. The Balaban J connectivity index is 1.61. The first-order valence-corrected chi connectivity index (χ1v) is 8.75. The molecule has 0 bridgehead atoms. The van der Waals surface area contributed by atoms with Gasteiger partial charge in [0.1, 0.15) is 17.7 Å². The molecule has 1 atom stereocenters. The number of likely N-dealkylation sites (tertiary alicyclic amines) is 1. The lowest BCUT2D eigenvalue weighted by molar-refractivity contribution is -0.124. The molecule has 0 saturated carbocycles. The second kappa shape index (κ2) is 7.60. The third kappa shape index (κ3) is 4.14. The van der Waals surface area contributed by atoms with Gasteiger partial charge in [-0.1, -0.05) is 6.07 Å². The van der Waals surface area contributed by atoms with Gasteiger partial charge in [-0.15, -0.1) is 11.3 Å². The van der Waals surface area contributed by atoms with E-state index in [1.165, 1.54) is 16.2 Å². The fourth-order valence-corrected chi connectivity index (χ4v) is 3.41. The standard InChI is InChI=1S/C17H17F2N3O2S/c18-11-5-6-14(13(19)9-11)21-17(24)22-7-1-4-15(22)16(23)20-10-12-3-2-8-25-12/h2-3,5-6,8-9,15H,1,4,7,10H2,(H,20,23)(H,21,24)/t15-/m1/s1. The van der Waals surface area contributed by atoms with Crippen LogP contribution in [0.15, 0.2) is 35.7 Å². The van der Waals surface area contributed by atoms with Crippen LogP contribution in [0.1, 0.15) is 17.7 Å². The zero-order chi connectivity index (χ0) is 17.8. The highest BCUT2D eigenvalue weighted by atomic mass is 32.1. The first-order valence-electron chi connectivity index (χ1n) is 7.87. The molecule has 2 N–H and O–H groups in total. The molecule has 3 rings (SSSR count). The molecule has 5 nitrogen and oxygen atoms in total. The number of hydrogen-bond donors (Lipinski definition) is 2. The van der Waals surface area contributed by atoms with Gasteiger partial charge in [-0.05, 0) is 36.4 Å². The molecule has 1 aliphatic rings. The van der Waals surface area contributed by atoms with E-state index in [0.717, 1.165) is 17.0 Å². The van der Waals surface area contributed by atoms with Crippen molar-refractivity contribution < 1.29 is 18.4 Å². The Hall–Kier alpha value is -2.48. The smallest absolute Gasteiger partial charge is 0.322 e. The molecule has 1 saturated heterocycles. The van der Waals surface area contributed by atoms with Crippen LogP contribution in [0.2, 0.25) is 0 Å². The molecule has 0 unspecified atom stereocenters. The molecule has 1 aliphatic heterocycles. The van der Waals surface area contributed by atoms with Crippen molar-refractivity contribution in [2.75, 3.05) is 11.9 Å². The van der Waals surface area contributed by atoms with Crippen molar-refractivity contribution in [3.05, 3.63) is 52.2 Å². The summed E-state index contributed by atoms with van der Waals surface area (Å²) in [6.07, 6.45) is 1.24. The van der Waals surface area contributed by atoms with E-state index in [9.17, 15) is 18.4 Å². The Labute approximate surface area is 147 Å². The quantitative estimate of drug-likeness (QED) is 0.873. The zero-order valence-electron chi connectivity index (χ0n) is 13.3. The number of hydrogen-bond acceptors (Lipinski definition) is 3. The van der Waals surface area contributed by atoms with Gasteiger partial charge in [-0.2, -0.15) is 0 Å². The minimum absolute atomic E-state index is 0.115. The highest BCUT2D eigenvalue weighted by molar-refractivity contribution is 7.09. The number of urea groups is 1. The highest BCUT2D eigenvalue weighted by Gasteiger charge is 2.34. The van der Waals surface area contributed by atoms with Crippen LogP contribution >= 0.6 is 11.3 Å². The monoisotopic (exact) mass is 365 g/mol. The number of carbonyl (C=O) groups is 2. The maximum Gasteiger partial charge on any atom is 0.322 e. The van der Waals surface area contributed by atoms with Gasteiger partial charge in [0, 0.05) is 17.5 Å². The summed E-state index contributed by atoms with van der Waals surface area (Å²) in [5.41, 5.74) is -0.115. The number of thiophene rings is 1. The Kier molecular flexibility index (Phi) is 5.28. The number of carbonyl (C=O) groups excluding carboxylic acids is 2. The van der Waals surface area contributed by atoms with Crippen molar-refractivity contribution >= 4 is 29.0 Å². The summed E-state index contributed by atoms with van der Waals surface area (Å²) in [7, 11) is 0. The summed E-state index contributed by atoms with van der Waals surface area (Å²) in [6.45, 7) is 0.820. The van der Waals surface area contributed by atoms with Crippen molar-refractivity contribution in [2.45, 2.75) is 25.4 Å². The van der Waals surface area contributed by atoms with Gasteiger partial charge in [0.15, 0.2) is 0 Å². The van der Waals surface area contributed by atoms with E-state index in [1.54, 1.807) is 0 Å². The first kappa shape index (κ1) is 17.3. The van der Waals surface area contributed by atoms with Crippen molar-refractivity contribution in [1.29, 1.82) is 0 Å². The van der Waals surface area contributed by atoms with Gasteiger partial charge in [0.25, 0.3) is 0 Å². The van der Waals surface area contributed by atoms with E-state index in [1.807, 2.05) is 17.5 Å². The Morgan fingerprint density at radius 1 is 1.28 bits per heavy atom. The van der Waals surface area contributed by atoms with Gasteiger partial charge in [-0.25, -0.2) is 13.6 Å². The fourth-order valence-electron chi connectivity index (χ4n) is 2.77. The van der Waals surface area contributed by atoms with Gasteiger partial charge in [-0.3, -0.25) is 4.79 Å². The van der Waals surface area contributed by atoms with Gasteiger partial charge in [0.2, 0.25) is 5.91 Å².